The van der Waals surface area contributed by atoms with Gasteiger partial charge in [0.2, 0.25) is 0 Å². The van der Waals surface area contributed by atoms with Crippen LogP contribution in [0.5, 0.6) is 0 Å². The molecular formula is C28H39ClN4O3. The molecule has 8 heteroatoms. The van der Waals surface area contributed by atoms with Crippen molar-refractivity contribution >= 4 is 29.2 Å². The van der Waals surface area contributed by atoms with Crippen LogP contribution in [0.2, 0.25) is 5.15 Å². The van der Waals surface area contributed by atoms with Gasteiger partial charge in [0.05, 0.1) is 5.56 Å². The molecule has 0 aliphatic carbocycles. The number of hydrogen-bond donors (Lipinski definition) is 1. The number of carbonyl (C=O) groups excluding carboxylic acids is 2. The van der Waals surface area contributed by atoms with Gasteiger partial charge in [-0.05, 0) is 55.2 Å². The first-order chi connectivity index (χ1) is 17.1. The first-order valence-corrected chi connectivity index (χ1v) is 13.1. The van der Waals surface area contributed by atoms with E-state index in [-0.39, 0.29) is 22.9 Å². The van der Waals surface area contributed by atoms with E-state index in [2.05, 4.69) is 9.88 Å². The van der Waals surface area contributed by atoms with Crippen molar-refractivity contribution in [1.29, 1.82) is 0 Å². The van der Waals surface area contributed by atoms with Crippen LogP contribution in [0.15, 0.2) is 42.5 Å². The number of anilines is 1. The second-order valence-electron chi connectivity index (χ2n) is 10.3. The summed E-state index contributed by atoms with van der Waals surface area (Å²) >= 11 is 6.30. The lowest BCUT2D eigenvalue weighted by Crippen LogP contribution is -2.49. The molecule has 1 aliphatic rings. The maximum Gasteiger partial charge on any atom is 0.259 e. The Labute approximate surface area is 220 Å². The second-order valence-corrected chi connectivity index (χ2v) is 10.7. The zero-order valence-electron chi connectivity index (χ0n) is 22.1. The summed E-state index contributed by atoms with van der Waals surface area (Å²) < 4.78 is 0. The third-order valence-corrected chi connectivity index (χ3v) is 7.53. The lowest BCUT2D eigenvalue weighted by molar-refractivity contribution is -0.156. The normalized spacial score (nSPS) is 16.1. The highest BCUT2D eigenvalue weighted by Crippen LogP contribution is 2.32. The van der Waals surface area contributed by atoms with Gasteiger partial charge < -0.3 is 19.8 Å². The van der Waals surface area contributed by atoms with Crippen molar-refractivity contribution in [2.75, 3.05) is 45.7 Å². The molecular weight excluding hydrogens is 476 g/mol. The Hall–Kier alpha value is -2.64. The smallest absolute Gasteiger partial charge is 0.259 e. The van der Waals surface area contributed by atoms with Gasteiger partial charge in [-0.1, -0.05) is 55.8 Å². The van der Waals surface area contributed by atoms with Gasteiger partial charge in [-0.15, -0.1) is 0 Å². The molecule has 3 rings (SSSR count). The number of rotatable bonds is 9. The molecule has 36 heavy (non-hydrogen) atoms. The largest absolute Gasteiger partial charge is 0.375 e. The standard InChI is InChI=1S/C28H39ClN4O3/c1-20(2)28(36,22-11-7-6-8-12-22)27(35)32(5)17-9-10-21-15-18-33(19-16-21)24-14-13-23(25(29)30-24)26(34)31(3)4/h6-8,11-14,20-21,36H,9-10,15-19H2,1-5H3. The highest BCUT2D eigenvalue weighted by Gasteiger charge is 2.42. The predicted octanol–water partition coefficient (Wildman–Crippen LogP) is 4.44. The van der Waals surface area contributed by atoms with Gasteiger partial charge in [0, 0.05) is 40.8 Å². The van der Waals surface area contributed by atoms with E-state index in [1.54, 1.807) is 32.1 Å². The minimum atomic E-state index is -1.53. The molecule has 1 saturated heterocycles. The van der Waals surface area contributed by atoms with Crippen LogP contribution in [-0.4, -0.2) is 72.5 Å². The number of carbonyl (C=O) groups is 2. The molecule has 1 aromatic carbocycles. The van der Waals surface area contributed by atoms with Gasteiger partial charge in [-0.25, -0.2) is 4.98 Å². The summed E-state index contributed by atoms with van der Waals surface area (Å²) in [5, 5.41) is 11.6. The molecule has 0 radical (unpaired) electrons. The molecule has 1 N–H and O–H groups in total. The summed E-state index contributed by atoms with van der Waals surface area (Å²) in [6, 6.07) is 12.8. The Morgan fingerprint density at radius 2 is 1.75 bits per heavy atom. The van der Waals surface area contributed by atoms with Gasteiger partial charge >= 0.3 is 0 Å². The Morgan fingerprint density at radius 3 is 2.31 bits per heavy atom. The minimum Gasteiger partial charge on any atom is -0.375 e. The van der Waals surface area contributed by atoms with E-state index >= 15 is 0 Å². The summed E-state index contributed by atoms with van der Waals surface area (Å²) in [5.74, 6) is 0.728. The van der Waals surface area contributed by atoms with Gasteiger partial charge in [0.15, 0.2) is 5.60 Å². The topological polar surface area (TPSA) is 77.0 Å². The van der Waals surface area contributed by atoms with E-state index in [1.165, 1.54) is 4.90 Å². The van der Waals surface area contributed by atoms with Crippen molar-refractivity contribution in [3.63, 3.8) is 0 Å². The first-order valence-electron chi connectivity index (χ1n) is 12.7. The van der Waals surface area contributed by atoms with Crippen molar-refractivity contribution in [3.8, 4) is 0 Å². The summed E-state index contributed by atoms with van der Waals surface area (Å²) in [4.78, 5) is 35.3. The quantitative estimate of drug-likeness (QED) is 0.501. The molecule has 2 amide bonds. The molecule has 1 aromatic heterocycles. The van der Waals surface area contributed by atoms with Crippen molar-refractivity contribution < 1.29 is 14.7 Å². The first kappa shape index (κ1) is 27.9. The number of nitrogens with zero attached hydrogens (tertiary/aromatic N) is 4. The summed E-state index contributed by atoms with van der Waals surface area (Å²) in [6.45, 7) is 6.12. The summed E-state index contributed by atoms with van der Waals surface area (Å²) in [5.41, 5.74) is -0.477. The third-order valence-electron chi connectivity index (χ3n) is 7.24. The average Bonchev–Trinajstić information content (AvgIpc) is 2.88. The lowest BCUT2D eigenvalue weighted by Gasteiger charge is -2.35. The molecule has 1 unspecified atom stereocenters. The van der Waals surface area contributed by atoms with Crippen LogP contribution in [0, 0.1) is 11.8 Å². The van der Waals surface area contributed by atoms with Crippen LogP contribution in [0.1, 0.15) is 55.5 Å². The monoisotopic (exact) mass is 514 g/mol. The second kappa shape index (κ2) is 12.1. The van der Waals surface area contributed by atoms with E-state index in [0.717, 1.165) is 44.6 Å². The Bertz CT molecular complexity index is 1040. The lowest BCUT2D eigenvalue weighted by atomic mass is 9.82. The Kier molecular flexibility index (Phi) is 9.36. The van der Waals surface area contributed by atoms with Gasteiger partial charge in [0.1, 0.15) is 11.0 Å². The Balaban J connectivity index is 1.49. The fourth-order valence-corrected chi connectivity index (χ4v) is 5.09. The van der Waals surface area contributed by atoms with Crippen LogP contribution in [-0.2, 0) is 10.4 Å². The number of amides is 2. The maximum atomic E-state index is 13.2. The highest BCUT2D eigenvalue weighted by molar-refractivity contribution is 6.32. The van der Waals surface area contributed by atoms with Crippen molar-refractivity contribution in [2.45, 2.75) is 45.1 Å². The van der Waals surface area contributed by atoms with Crippen LogP contribution in [0.3, 0.4) is 0 Å². The fourth-order valence-electron chi connectivity index (χ4n) is 4.86. The van der Waals surface area contributed by atoms with Crippen LogP contribution in [0.4, 0.5) is 5.82 Å². The number of hydrogen-bond acceptors (Lipinski definition) is 5. The summed E-state index contributed by atoms with van der Waals surface area (Å²) in [7, 11) is 5.17. The molecule has 2 aromatic rings. The molecule has 0 spiro atoms. The van der Waals surface area contributed by atoms with Crippen LogP contribution < -0.4 is 4.90 Å². The van der Waals surface area contributed by atoms with Crippen LogP contribution >= 0.6 is 11.6 Å². The molecule has 0 saturated carbocycles. The molecule has 196 valence electrons. The number of halogens is 1. The van der Waals surface area contributed by atoms with Crippen molar-refractivity contribution in [3.05, 3.63) is 58.7 Å². The zero-order valence-corrected chi connectivity index (χ0v) is 22.8. The Morgan fingerprint density at radius 1 is 1.11 bits per heavy atom. The van der Waals surface area contributed by atoms with E-state index in [4.69, 9.17) is 11.6 Å². The zero-order chi connectivity index (χ0) is 26.5. The minimum absolute atomic E-state index is 0.156. The molecule has 1 atom stereocenters. The SMILES string of the molecule is CC(C)C(O)(C(=O)N(C)CCCC1CCN(c2ccc(C(=O)N(C)C)c(Cl)n2)CC1)c1ccccc1. The number of aliphatic hydroxyl groups is 1. The molecule has 1 fully saturated rings. The van der Waals surface area contributed by atoms with E-state index in [0.29, 0.717) is 23.6 Å². The van der Waals surface area contributed by atoms with Crippen molar-refractivity contribution in [2.24, 2.45) is 11.8 Å². The highest BCUT2D eigenvalue weighted by atomic mass is 35.5. The number of aromatic nitrogens is 1. The van der Waals surface area contributed by atoms with Gasteiger partial charge in [-0.2, -0.15) is 0 Å². The summed E-state index contributed by atoms with van der Waals surface area (Å²) in [6.07, 6.45) is 3.99. The molecule has 2 heterocycles. The van der Waals surface area contributed by atoms with Gasteiger partial charge in [0.25, 0.3) is 11.8 Å². The average molecular weight is 515 g/mol. The molecule has 7 nitrogen and oxygen atoms in total. The number of pyridine rings is 1. The van der Waals surface area contributed by atoms with Crippen LogP contribution in [0.25, 0.3) is 0 Å². The number of likely N-dealkylation sites (N-methyl/N-ethyl adjacent to an activating group) is 1. The van der Waals surface area contributed by atoms with E-state index in [1.807, 2.05) is 50.2 Å². The predicted molar refractivity (Wildman–Crippen MR) is 144 cm³/mol. The van der Waals surface area contributed by atoms with Crippen molar-refractivity contribution in [1.82, 2.24) is 14.8 Å². The number of piperidine rings is 1. The number of benzene rings is 1. The third kappa shape index (κ3) is 6.19. The fraction of sp³-hybridized carbons (Fsp3) is 0.536. The molecule has 0 bridgehead atoms. The maximum absolute atomic E-state index is 13.2. The van der Waals surface area contributed by atoms with Gasteiger partial charge in [-0.3, -0.25) is 9.59 Å². The van der Waals surface area contributed by atoms with E-state index < -0.39 is 5.60 Å². The molecule has 1 aliphatic heterocycles. The van der Waals surface area contributed by atoms with E-state index in [9.17, 15) is 14.7 Å².